The van der Waals surface area contributed by atoms with Crippen LogP contribution in [0, 0.1) is 6.92 Å². The van der Waals surface area contributed by atoms with E-state index in [9.17, 15) is 0 Å². The van der Waals surface area contributed by atoms with Crippen molar-refractivity contribution in [2.45, 2.75) is 57.7 Å². The maximum Gasteiger partial charge on any atom is 0.0967 e. The average Bonchev–Trinajstić information content (AvgIpc) is 3.16. The molecule has 0 radical (unpaired) electrons. The fourth-order valence-corrected chi connectivity index (χ4v) is 3.70. The lowest BCUT2D eigenvalue weighted by Gasteiger charge is -2.19. The van der Waals surface area contributed by atoms with Crippen molar-refractivity contribution in [2.24, 2.45) is 0 Å². The van der Waals surface area contributed by atoms with Crippen molar-refractivity contribution in [3.8, 4) is 0 Å². The fourth-order valence-electron chi connectivity index (χ4n) is 3.70. The largest absolute Gasteiger partial charge is 0.294 e. The van der Waals surface area contributed by atoms with E-state index in [4.69, 9.17) is 0 Å². The van der Waals surface area contributed by atoms with Crippen LogP contribution in [0.4, 0.5) is 0 Å². The maximum absolute atomic E-state index is 4.36. The molecule has 2 aliphatic rings. The second kappa shape index (κ2) is 5.51. The Morgan fingerprint density at radius 1 is 1.23 bits per heavy atom. The monoisotopic (exact) mass is 296 g/mol. The highest BCUT2D eigenvalue weighted by molar-refractivity contribution is 5.30. The standard InChI is InChI=1S/C18H24N4/c1-13-5-3-4-6-18(13)15-9-14(2)21(10-15)11-16-12-22(20-19-16)17-7-8-17/h3-6,12,14-15,17H,7-11H2,1-2H3. The minimum atomic E-state index is 0.607. The molecule has 2 unspecified atom stereocenters. The van der Waals surface area contributed by atoms with Crippen LogP contribution in [0.2, 0.25) is 0 Å². The van der Waals surface area contributed by atoms with E-state index in [1.54, 1.807) is 0 Å². The predicted octanol–water partition coefficient (Wildman–Crippen LogP) is 3.30. The van der Waals surface area contributed by atoms with Crippen molar-refractivity contribution in [1.29, 1.82) is 0 Å². The summed E-state index contributed by atoms with van der Waals surface area (Å²) in [5.41, 5.74) is 4.05. The van der Waals surface area contributed by atoms with E-state index in [1.165, 1.54) is 30.4 Å². The summed E-state index contributed by atoms with van der Waals surface area (Å²) in [5, 5.41) is 8.64. The first-order valence-corrected chi connectivity index (χ1v) is 8.41. The summed E-state index contributed by atoms with van der Waals surface area (Å²) >= 11 is 0. The van der Waals surface area contributed by atoms with Crippen molar-refractivity contribution in [1.82, 2.24) is 19.9 Å². The summed E-state index contributed by atoms with van der Waals surface area (Å²) in [6.07, 6.45) is 5.91. The van der Waals surface area contributed by atoms with Crippen LogP contribution in [0.25, 0.3) is 0 Å². The van der Waals surface area contributed by atoms with Crippen molar-refractivity contribution >= 4 is 0 Å². The molecule has 0 amide bonds. The van der Waals surface area contributed by atoms with Gasteiger partial charge in [0.25, 0.3) is 0 Å². The third kappa shape index (κ3) is 2.68. The summed E-state index contributed by atoms with van der Waals surface area (Å²) in [7, 11) is 0. The first-order valence-electron chi connectivity index (χ1n) is 8.41. The van der Waals surface area contributed by atoms with Crippen LogP contribution in [0.15, 0.2) is 30.5 Å². The van der Waals surface area contributed by atoms with Gasteiger partial charge in [0, 0.05) is 19.1 Å². The Labute approximate surface area is 132 Å². The zero-order valence-electron chi connectivity index (χ0n) is 13.4. The first-order chi connectivity index (χ1) is 10.7. The van der Waals surface area contributed by atoms with Gasteiger partial charge in [0.1, 0.15) is 0 Å². The van der Waals surface area contributed by atoms with Crippen LogP contribution in [0.5, 0.6) is 0 Å². The Morgan fingerprint density at radius 3 is 2.82 bits per heavy atom. The molecule has 1 aliphatic heterocycles. The van der Waals surface area contributed by atoms with Crippen LogP contribution < -0.4 is 0 Å². The van der Waals surface area contributed by atoms with Gasteiger partial charge in [-0.15, -0.1) is 5.10 Å². The molecule has 2 aromatic rings. The van der Waals surface area contributed by atoms with Gasteiger partial charge in [0.05, 0.1) is 17.9 Å². The van der Waals surface area contributed by atoms with E-state index < -0.39 is 0 Å². The molecule has 0 N–H and O–H groups in total. The number of rotatable bonds is 4. The Morgan fingerprint density at radius 2 is 2.05 bits per heavy atom. The minimum Gasteiger partial charge on any atom is -0.294 e. The smallest absolute Gasteiger partial charge is 0.0967 e. The van der Waals surface area contributed by atoms with Crippen molar-refractivity contribution in [3.63, 3.8) is 0 Å². The first kappa shape index (κ1) is 13.9. The maximum atomic E-state index is 4.36. The Hall–Kier alpha value is -1.68. The number of likely N-dealkylation sites (tertiary alicyclic amines) is 1. The molecule has 2 atom stereocenters. The normalized spacial score (nSPS) is 25.7. The molecule has 1 aromatic carbocycles. The van der Waals surface area contributed by atoms with Crippen LogP contribution >= 0.6 is 0 Å². The van der Waals surface area contributed by atoms with Gasteiger partial charge in [0.15, 0.2) is 0 Å². The molecule has 4 nitrogen and oxygen atoms in total. The molecule has 1 saturated heterocycles. The number of aromatic nitrogens is 3. The lowest BCUT2D eigenvalue weighted by molar-refractivity contribution is 0.255. The number of aryl methyl sites for hydroxylation is 1. The molecule has 116 valence electrons. The summed E-state index contributed by atoms with van der Waals surface area (Å²) in [5.74, 6) is 0.648. The molecular formula is C18H24N4. The highest BCUT2D eigenvalue weighted by atomic mass is 15.4. The molecule has 1 aromatic heterocycles. The third-order valence-corrected chi connectivity index (χ3v) is 5.18. The summed E-state index contributed by atoms with van der Waals surface area (Å²) in [6.45, 7) is 6.62. The number of nitrogens with zero attached hydrogens (tertiary/aromatic N) is 4. The van der Waals surface area contributed by atoms with Gasteiger partial charge in [-0.3, -0.25) is 4.90 Å². The van der Waals surface area contributed by atoms with E-state index in [-0.39, 0.29) is 0 Å². The Bertz CT molecular complexity index is 659. The molecule has 22 heavy (non-hydrogen) atoms. The lowest BCUT2D eigenvalue weighted by Crippen LogP contribution is -2.26. The van der Waals surface area contributed by atoms with Crippen LogP contribution in [0.3, 0.4) is 0 Å². The van der Waals surface area contributed by atoms with Gasteiger partial charge in [0.2, 0.25) is 0 Å². The van der Waals surface area contributed by atoms with E-state index in [2.05, 4.69) is 64.2 Å². The fraction of sp³-hybridized carbons (Fsp3) is 0.556. The Balaban J connectivity index is 1.45. The highest BCUT2D eigenvalue weighted by Gasteiger charge is 2.31. The average molecular weight is 296 g/mol. The Kier molecular flexibility index (Phi) is 3.49. The molecule has 2 heterocycles. The molecule has 1 saturated carbocycles. The zero-order chi connectivity index (χ0) is 15.1. The SMILES string of the molecule is Cc1ccccc1C1CC(C)N(Cc2cn(C3CC3)nn2)C1. The van der Waals surface area contributed by atoms with E-state index in [1.807, 2.05) is 0 Å². The van der Waals surface area contributed by atoms with Gasteiger partial charge < -0.3 is 0 Å². The van der Waals surface area contributed by atoms with Crippen molar-refractivity contribution < 1.29 is 0 Å². The molecular weight excluding hydrogens is 272 g/mol. The van der Waals surface area contributed by atoms with Crippen LogP contribution in [0.1, 0.15) is 55.0 Å². The van der Waals surface area contributed by atoms with Gasteiger partial charge in [-0.1, -0.05) is 29.5 Å². The van der Waals surface area contributed by atoms with Gasteiger partial charge in [-0.05, 0) is 50.2 Å². The second-order valence-corrected chi connectivity index (χ2v) is 6.99. The van der Waals surface area contributed by atoms with Gasteiger partial charge in [-0.25, -0.2) is 4.68 Å². The predicted molar refractivity (Wildman–Crippen MR) is 86.7 cm³/mol. The third-order valence-electron chi connectivity index (χ3n) is 5.18. The summed E-state index contributed by atoms with van der Waals surface area (Å²) in [4.78, 5) is 2.55. The molecule has 2 fully saturated rings. The van der Waals surface area contributed by atoms with E-state index >= 15 is 0 Å². The van der Waals surface area contributed by atoms with E-state index in [0.717, 1.165) is 18.8 Å². The molecule has 0 spiro atoms. The van der Waals surface area contributed by atoms with Crippen molar-refractivity contribution in [3.05, 3.63) is 47.3 Å². The minimum absolute atomic E-state index is 0.607. The highest BCUT2D eigenvalue weighted by Crippen LogP contribution is 2.35. The van der Waals surface area contributed by atoms with Crippen molar-refractivity contribution in [2.75, 3.05) is 6.54 Å². The quantitative estimate of drug-likeness (QED) is 0.868. The summed E-state index contributed by atoms with van der Waals surface area (Å²) in [6, 6.07) is 10.0. The zero-order valence-corrected chi connectivity index (χ0v) is 13.4. The summed E-state index contributed by atoms with van der Waals surface area (Å²) < 4.78 is 2.05. The number of hydrogen-bond donors (Lipinski definition) is 0. The molecule has 4 rings (SSSR count). The number of hydrogen-bond acceptors (Lipinski definition) is 3. The topological polar surface area (TPSA) is 34.0 Å². The van der Waals surface area contributed by atoms with Gasteiger partial charge >= 0.3 is 0 Å². The molecule has 0 bridgehead atoms. The van der Waals surface area contributed by atoms with Crippen LogP contribution in [-0.2, 0) is 6.54 Å². The lowest BCUT2D eigenvalue weighted by atomic mass is 9.93. The second-order valence-electron chi connectivity index (χ2n) is 6.99. The van der Waals surface area contributed by atoms with Gasteiger partial charge in [-0.2, -0.15) is 0 Å². The van der Waals surface area contributed by atoms with E-state index in [0.29, 0.717) is 18.0 Å². The van der Waals surface area contributed by atoms with Crippen LogP contribution in [-0.4, -0.2) is 32.5 Å². The number of benzene rings is 1. The molecule has 1 aliphatic carbocycles. The molecule has 4 heteroatoms.